The fraction of sp³-hybridized carbons (Fsp3) is 0. The maximum Gasteiger partial charge on any atom is 0.344 e. The molecule has 0 saturated heterocycles. The van der Waals surface area contributed by atoms with Gasteiger partial charge in [0.2, 0.25) is 0 Å². The topological polar surface area (TPSA) is 63.6 Å². The van der Waals surface area contributed by atoms with Crippen molar-refractivity contribution in [1.82, 2.24) is 0 Å². The Hall–Kier alpha value is -2.14. The third-order valence-electron chi connectivity index (χ3n) is 2.41. The molecule has 0 saturated carbocycles. The lowest BCUT2D eigenvalue weighted by Crippen LogP contribution is -2.12. The van der Waals surface area contributed by atoms with E-state index in [9.17, 15) is 9.59 Å². The molecule has 0 heterocycles. The Balaban J connectivity index is 2.30. The number of carboxylic acid groups (broad SMARTS) is 1. The molecule has 1 N–H and O–H groups in total. The van der Waals surface area contributed by atoms with Crippen molar-refractivity contribution in [2.24, 2.45) is 0 Å². The van der Waals surface area contributed by atoms with Crippen LogP contribution in [0.1, 0.15) is 20.7 Å². The summed E-state index contributed by atoms with van der Waals surface area (Å²) in [5.41, 5.74) is 0.283. The van der Waals surface area contributed by atoms with Crippen LogP contribution < -0.4 is 4.74 Å². The number of ether oxygens (including phenoxy) is 1. The lowest BCUT2D eigenvalue weighted by Gasteiger charge is -2.08. The van der Waals surface area contributed by atoms with Gasteiger partial charge < -0.3 is 9.84 Å². The molecule has 0 amide bonds. The maximum atomic E-state index is 12.0. The van der Waals surface area contributed by atoms with Crippen LogP contribution in [0.25, 0.3) is 0 Å². The Bertz CT molecular complexity index is 637. The van der Waals surface area contributed by atoms with Crippen LogP contribution in [-0.4, -0.2) is 17.0 Å². The number of hydrogen-bond donors (Lipinski definition) is 1. The molecule has 2 aromatic rings. The van der Waals surface area contributed by atoms with Crippen molar-refractivity contribution in [3.05, 3.63) is 64.1 Å². The van der Waals surface area contributed by atoms with Gasteiger partial charge in [-0.05, 0) is 40.2 Å². The smallest absolute Gasteiger partial charge is 0.344 e. The van der Waals surface area contributed by atoms with Gasteiger partial charge in [-0.1, -0.05) is 24.3 Å². The zero-order valence-electron chi connectivity index (χ0n) is 9.67. The average molecular weight is 321 g/mol. The van der Waals surface area contributed by atoms with E-state index >= 15 is 0 Å². The number of esters is 1. The zero-order chi connectivity index (χ0) is 13.8. The van der Waals surface area contributed by atoms with Crippen LogP contribution in [0.15, 0.2) is 53.0 Å². The molecule has 0 bridgehead atoms. The summed E-state index contributed by atoms with van der Waals surface area (Å²) in [5, 5.41) is 9.00. The molecule has 0 aromatic heterocycles. The Kier molecular flexibility index (Phi) is 3.97. The van der Waals surface area contributed by atoms with Gasteiger partial charge in [-0.2, -0.15) is 0 Å². The van der Waals surface area contributed by atoms with E-state index < -0.39 is 11.9 Å². The van der Waals surface area contributed by atoms with Crippen LogP contribution in [0.5, 0.6) is 5.75 Å². The van der Waals surface area contributed by atoms with Crippen LogP contribution in [-0.2, 0) is 0 Å². The molecule has 0 spiro atoms. The molecule has 5 heteroatoms. The molecule has 0 aliphatic rings. The molecular weight excluding hydrogens is 312 g/mol. The number of carbonyl (C=O) groups excluding carboxylic acids is 1. The van der Waals surface area contributed by atoms with Gasteiger partial charge in [-0.15, -0.1) is 0 Å². The third-order valence-corrected chi connectivity index (χ3v) is 3.11. The van der Waals surface area contributed by atoms with Gasteiger partial charge in [0.15, 0.2) is 0 Å². The molecular formula is C14H9BrO4. The first-order chi connectivity index (χ1) is 9.09. The summed E-state index contributed by atoms with van der Waals surface area (Å²) >= 11 is 3.24. The molecule has 0 aliphatic carbocycles. The minimum atomic E-state index is -1.14. The fourth-order valence-electron chi connectivity index (χ4n) is 1.51. The van der Waals surface area contributed by atoms with Crippen molar-refractivity contribution in [3.8, 4) is 5.75 Å². The monoisotopic (exact) mass is 320 g/mol. The predicted molar refractivity (Wildman–Crippen MR) is 72.5 cm³/mol. The highest BCUT2D eigenvalue weighted by molar-refractivity contribution is 9.10. The summed E-state index contributed by atoms with van der Waals surface area (Å²) in [7, 11) is 0. The zero-order valence-corrected chi connectivity index (χ0v) is 11.3. The second kappa shape index (κ2) is 5.67. The van der Waals surface area contributed by atoms with E-state index in [4.69, 9.17) is 9.84 Å². The SMILES string of the molecule is O=C(Oc1ccccc1C(=O)O)c1ccccc1Br. The standard InChI is InChI=1S/C14H9BrO4/c15-11-7-3-1-5-9(11)14(18)19-12-8-4-2-6-10(12)13(16)17/h1-8H,(H,16,17). The van der Waals surface area contributed by atoms with Crippen molar-refractivity contribution in [2.45, 2.75) is 0 Å². The van der Waals surface area contributed by atoms with Gasteiger partial charge in [0.05, 0.1) is 5.56 Å². The molecule has 2 aromatic carbocycles. The van der Waals surface area contributed by atoms with E-state index in [1.807, 2.05) is 0 Å². The van der Waals surface area contributed by atoms with Crippen LogP contribution in [0.4, 0.5) is 0 Å². The molecule has 0 unspecified atom stereocenters. The van der Waals surface area contributed by atoms with Gasteiger partial charge >= 0.3 is 11.9 Å². The first-order valence-electron chi connectivity index (χ1n) is 5.38. The third kappa shape index (κ3) is 3.00. The second-order valence-corrected chi connectivity index (χ2v) is 4.53. The van der Waals surface area contributed by atoms with Crippen molar-refractivity contribution < 1.29 is 19.4 Å². The number of rotatable bonds is 3. The summed E-state index contributed by atoms with van der Waals surface area (Å²) in [4.78, 5) is 23.0. The van der Waals surface area contributed by atoms with Crippen LogP contribution >= 0.6 is 15.9 Å². The summed E-state index contributed by atoms with van der Waals surface area (Å²) in [5.74, 6) is -1.73. The highest BCUT2D eigenvalue weighted by Gasteiger charge is 2.16. The van der Waals surface area contributed by atoms with E-state index in [-0.39, 0.29) is 11.3 Å². The summed E-state index contributed by atoms with van der Waals surface area (Å²) in [6.45, 7) is 0. The normalized spacial score (nSPS) is 9.95. The average Bonchev–Trinajstić information content (AvgIpc) is 2.39. The number of carboxylic acids is 1. The van der Waals surface area contributed by atoms with Crippen LogP contribution in [0.3, 0.4) is 0 Å². The molecule has 0 fully saturated rings. The molecule has 0 radical (unpaired) electrons. The van der Waals surface area contributed by atoms with Gasteiger partial charge in [0, 0.05) is 4.47 Å². The van der Waals surface area contributed by atoms with Crippen LogP contribution in [0, 0.1) is 0 Å². The maximum absolute atomic E-state index is 12.0. The highest BCUT2D eigenvalue weighted by atomic mass is 79.9. The number of halogens is 1. The number of hydrogen-bond acceptors (Lipinski definition) is 3. The van der Waals surface area contributed by atoms with Gasteiger partial charge in [-0.3, -0.25) is 0 Å². The quantitative estimate of drug-likeness (QED) is 0.695. The predicted octanol–water partition coefficient (Wildman–Crippen LogP) is 3.37. The summed E-state index contributed by atoms with van der Waals surface area (Å²) < 4.78 is 5.71. The van der Waals surface area contributed by atoms with E-state index in [0.29, 0.717) is 10.0 Å². The van der Waals surface area contributed by atoms with Gasteiger partial charge in [0.25, 0.3) is 0 Å². The lowest BCUT2D eigenvalue weighted by atomic mass is 10.2. The van der Waals surface area contributed by atoms with Crippen molar-refractivity contribution in [2.75, 3.05) is 0 Å². The Morgan fingerprint density at radius 2 is 1.53 bits per heavy atom. The summed E-state index contributed by atoms with van der Waals surface area (Å²) in [6, 6.07) is 12.8. The number of carbonyl (C=O) groups is 2. The van der Waals surface area contributed by atoms with Crippen molar-refractivity contribution in [3.63, 3.8) is 0 Å². The van der Waals surface area contributed by atoms with Gasteiger partial charge in [0.1, 0.15) is 11.3 Å². The molecule has 96 valence electrons. The van der Waals surface area contributed by atoms with E-state index in [0.717, 1.165) is 0 Å². The van der Waals surface area contributed by atoms with Crippen molar-refractivity contribution >= 4 is 27.9 Å². The fourth-order valence-corrected chi connectivity index (χ4v) is 1.96. The minimum Gasteiger partial charge on any atom is -0.478 e. The molecule has 0 atom stereocenters. The number of aromatic carboxylic acids is 1. The largest absolute Gasteiger partial charge is 0.478 e. The number of para-hydroxylation sites is 1. The first-order valence-corrected chi connectivity index (χ1v) is 6.18. The van der Waals surface area contributed by atoms with E-state index in [1.165, 1.54) is 12.1 Å². The van der Waals surface area contributed by atoms with Gasteiger partial charge in [-0.25, -0.2) is 9.59 Å². The Morgan fingerprint density at radius 1 is 0.947 bits per heavy atom. The highest BCUT2D eigenvalue weighted by Crippen LogP contribution is 2.22. The first kappa shape index (κ1) is 13.3. The molecule has 0 aliphatic heterocycles. The lowest BCUT2D eigenvalue weighted by molar-refractivity contribution is 0.0681. The molecule has 4 nitrogen and oxygen atoms in total. The van der Waals surface area contributed by atoms with Crippen LogP contribution in [0.2, 0.25) is 0 Å². The minimum absolute atomic E-state index is 0.0238. The Labute approximate surface area is 117 Å². The summed E-state index contributed by atoms with van der Waals surface area (Å²) in [6.07, 6.45) is 0. The molecule has 2 rings (SSSR count). The van der Waals surface area contributed by atoms with E-state index in [1.54, 1.807) is 36.4 Å². The molecule has 19 heavy (non-hydrogen) atoms. The van der Waals surface area contributed by atoms with E-state index in [2.05, 4.69) is 15.9 Å². The number of benzene rings is 2. The van der Waals surface area contributed by atoms with Crippen molar-refractivity contribution in [1.29, 1.82) is 0 Å². The Morgan fingerprint density at radius 3 is 2.16 bits per heavy atom. The second-order valence-electron chi connectivity index (χ2n) is 3.67.